The number of rotatable bonds is 4. The Morgan fingerprint density at radius 2 is 1.64 bits per heavy atom. The summed E-state index contributed by atoms with van der Waals surface area (Å²) in [5.41, 5.74) is 2.62. The van der Waals surface area contributed by atoms with Crippen LogP contribution >= 0.6 is 11.6 Å². The van der Waals surface area contributed by atoms with E-state index in [-0.39, 0.29) is 11.8 Å². The number of benzene rings is 2. The zero-order chi connectivity index (χ0) is 19.5. The fourth-order valence-electron chi connectivity index (χ4n) is 3.60. The SMILES string of the molecule is O=C(CCc1ccccc1)N1CCN(C(=O)c2cc3cc(Cl)ccc3[nH]2)CC1. The van der Waals surface area contributed by atoms with Gasteiger partial charge in [-0.2, -0.15) is 0 Å². The molecule has 6 heteroatoms. The molecule has 2 heterocycles. The van der Waals surface area contributed by atoms with Crippen LogP contribution in [0.25, 0.3) is 10.9 Å². The average molecular weight is 396 g/mol. The number of nitrogens with zero attached hydrogens (tertiary/aromatic N) is 2. The van der Waals surface area contributed by atoms with Crippen LogP contribution in [0.4, 0.5) is 0 Å². The molecule has 1 N–H and O–H groups in total. The third-order valence-electron chi connectivity index (χ3n) is 5.20. The first kappa shape index (κ1) is 18.6. The van der Waals surface area contributed by atoms with E-state index in [1.165, 1.54) is 5.56 Å². The van der Waals surface area contributed by atoms with Gasteiger partial charge in [0.05, 0.1) is 0 Å². The molecule has 28 heavy (non-hydrogen) atoms. The van der Waals surface area contributed by atoms with Crippen molar-refractivity contribution in [2.24, 2.45) is 0 Å². The van der Waals surface area contributed by atoms with Gasteiger partial charge in [0.2, 0.25) is 5.91 Å². The number of aromatic amines is 1. The van der Waals surface area contributed by atoms with E-state index in [9.17, 15) is 9.59 Å². The minimum Gasteiger partial charge on any atom is -0.351 e. The summed E-state index contributed by atoms with van der Waals surface area (Å²) in [4.78, 5) is 32.1. The van der Waals surface area contributed by atoms with Crippen LogP contribution in [0.1, 0.15) is 22.5 Å². The van der Waals surface area contributed by atoms with Crippen molar-refractivity contribution in [1.82, 2.24) is 14.8 Å². The van der Waals surface area contributed by atoms with Crippen molar-refractivity contribution in [3.63, 3.8) is 0 Å². The minimum absolute atomic E-state index is 0.0382. The predicted molar refractivity (Wildman–Crippen MR) is 111 cm³/mol. The van der Waals surface area contributed by atoms with Gasteiger partial charge in [0.1, 0.15) is 5.69 Å². The number of amides is 2. The second-order valence-corrected chi connectivity index (χ2v) is 7.51. The van der Waals surface area contributed by atoms with Crippen LogP contribution in [-0.4, -0.2) is 52.8 Å². The predicted octanol–water partition coefficient (Wildman–Crippen LogP) is 3.74. The highest BCUT2D eigenvalue weighted by Crippen LogP contribution is 2.21. The first-order chi connectivity index (χ1) is 13.6. The third-order valence-corrected chi connectivity index (χ3v) is 5.44. The van der Waals surface area contributed by atoms with Gasteiger partial charge >= 0.3 is 0 Å². The molecule has 0 radical (unpaired) electrons. The highest BCUT2D eigenvalue weighted by Gasteiger charge is 2.25. The minimum atomic E-state index is -0.0382. The van der Waals surface area contributed by atoms with Crippen molar-refractivity contribution in [1.29, 1.82) is 0 Å². The van der Waals surface area contributed by atoms with E-state index in [2.05, 4.69) is 4.98 Å². The van der Waals surface area contributed by atoms with E-state index < -0.39 is 0 Å². The second kappa shape index (κ2) is 8.07. The van der Waals surface area contributed by atoms with Crippen molar-refractivity contribution in [2.45, 2.75) is 12.8 Å². The zero-order valence-electron chi connectivity index (χ0n) is 15.5. The molecule has 0 atom stereocenters. The molecule has 1 aliphatic heterocycles. The average Bonchev–Trinajstić information content (AvgIpc) is 3.15. The van der Waals surface area contributed by atoms with Gasteiger partial charge in [0, 0.05) is 48.5 Å². The Morgan fingerprint density at radius 1 is 0.929 bits per heavy atom. The first-order valence-corrected chi connectivity index (χ1v) is 9.87. The lowest BCUT2D eigenvalue weighted by molar-refractivity contribution is -0.132. The van der Waals surface area contributed by atoms with Gasteiger partial charge in [-0.1, -0.05) is 41.9 Å². The quantitative estimate of drug-likeness (QED) is 0.731. The molecule has 0 unspecified atom stereocenters. The molecule has 2 aromatic carbocycles. The van der Waals surface area contributed by atoms with Crippen molar-refractivity contribution in [3.05, 3.63) is 70.9 Å². The fourth-order valence-corrected chi connectivity index (χ4v) is 3.78. The summed E-state index contributed by atoms with van der Waals surface area (Å²) in [7, 11) is 0. The largest absolute Gasteiger partial charge is 0.351 e. The van der Waals surface area contributed by atoms with Gasteiger partial charge in [-0.3, -0.25) is 9.59 Å². The van der Waals surface area contributed by atoms with E-state index in [1.807, 2.05) is 53.4 Å². The molecule has 1 saturated heterocycles. The van der Waals surface area contributed by atoms with Gasteiger partial charge in [-0.25, -0.2) is 0 Å². The number of H-pyrrole nitrogens is 1. The van der Waals surface area contributed by atoms with E-state index in [0.29, 0.717) is 43.3 Å². The van der Waals surface area contributed by atoms with Crippen LogP contribution in [0.5, 0.6) is 0 Å². The standard InChI is InChI=1S/C22H22ClN3O2/c23-18-7-8-19-17(14-18)15-20(24-19)22(28)26-12-10-25(11-13-26)21(27)9-6-16-4-2-1-3-5-16/h1-5,7-8,14-15,24H,6,9-13H2. The molecule has 1 aromatic heterocycles. The molecule has 3 aromatic rings. The smallest absolute Gasteiger partial charge is 0.270 e. The zero-order valence-corrected chi connectivity index (χ0v) is 16.3. The summed E-state index contributed by atoms with van der Waals surface area (Å²) in [6.45, 7) is 2.24. The van der Waals surface area contributed by atoms with Crippen molar-refractivity contribution < 1.29 is 9.59 Å². The van der Waals surface area contributed by atoms with Crippen LogP contribution in [0, 0.1) is 0 Å². The molecule has 2 amide bonds. The van der Waals surface area contributed by atoms with Gasteiger partial charge in [0.15, 0.2) is 0 Å². The van der Waals surface area contributed by atoms with Gasteiger partial charge in [0.25, 0.3) is 5.91 Å². The lowest BCUT2D eigenvalue weighted by Gasteiger charge is -2.34. The number of carbonyl (C=O) groups excluding carboxylic acids is 2. The Balaban J connectivity index is 1.32. The summed E-state index contributed by atoms with van der Waals surface area (Å²) in [5.74, 6) is 0.111. The Labute approximate surface area is 168 Å². The van der Waals surface area contributed by atoms with Crippen LogP contribution in [0.15, 0.2) is 54.6 Å². The van der Waals surface area contributed by atoms with Gasteiger partial charge in [-0.15, -0.1) is 0 Å². The number of hydrogen-bond acceptors (Lipinski definition) is 2. The number of carbonyl (C=O) groups is 2. The molecule has 5 nitrogen and oxygen atoms in total. The number of halogens is 1. The van der Waals surface area contributed by atoms with E-state index in [4.69, 9.17) is 11.6 Å². The summed E-state index contributed by atoms with van der Waals surface area (Å²) in [6, 6.07) is 17.4. The number of fused-ring (bicyclic) bond motifs is 1. The number of aromatic nitrogens is 1. The maximum Gasteiger partial charge on any atom is 0.270 e. The Bertz CT molecular complexity index is 991. The monoisotopic (exact) mass is 395 g/mol. The topological polar surface area (TPSA) is 56.4 Å². The number of piperazine rings is 1. The highest BCUT2D eigenvalue weighted by atomic mass is 35.5. The molecule has 0 saturated carbocycles. The Hall–Kier alpha value is -2.79. The van der Waals surface area contributed by atoms with Crippen molar-refractivity contribution in [2.75, 3.05) is 26.2 Å². The van der Waals surface area contributed by atoms with Crippen LogP contribution < -0.4 is 0 Å². The first-order valence-electron chi connectivity index (χ1n) is 9.49. The molecule has 1 fully saturated rings. The summed E-state index contributed by atoms with van der Waals surface area (Å²) >= 11 is 6.02. The molecule has 4 rings (SSSR count). The Morgan fingerprint density at radius 3 is 2.39 bits per heavy atom. The molecule has 0 spiro atoms. The fraction of sp³-hybridized carbons (Fsp3) is 0.273. The molecule has 0 bridgehead atoms. The third kappa shape index (κ3) is 4.04. The Kier molecular flexibility index (Phi) is 5.35. The number of nitrogens with one attached hydrogen (secondary N) is 1. The molecular weight excluding hydrogens is 374 g/mol. The molecular formula is C22H22ClN3O2. The second-order valence-electron chi connectivity index (χ2n) is 7.07. The van der Waals surface area contributed by atoms with Crippen LogP contribution in [-0.2, 0) is 11.2 Å². The van der Waals surface area contributed by atoms with E-state index in [1.54, 1.807) is 11.0 Å². The number of aryl methyl sites for hydroxylation is 1. The lowest BCUT2D eigenvalue weighted by atomic mass is 10.1. The summed E-state index contributed by atoms with van der Waals surface area (Å²) in [5, 5.41) is 1.57. The van der Waals surface area contributed by atoms with Gasteiger partial charge in [-0.05, 0) is 36.2 Å². The summed E-state index contributed by atoms with van der Waals surface area (Å²) in [6.07, 6.45) is 1.25. The molecule has 0 aliphatic carbocycles. The maximum atomic E-state index is 12.8. The normalized spacial score (nSPS) is 14.5. The number of hydrogen-bond donors (Lipinski definition) is 1. The van der Waals surface area contributed by atoms with Gasteiger partial charge < -0.3 is 14.8 Å². The van der Waals surface area contributed by atoms with E-state index in [0.717, 1.165) is 17.3 Å². The summed E-state index contributed by atoms with van der Waals surface area (Å²) < 4.78 is 0. The molecule has 144 valence electrons. The molecule has 1 aliphatic rings. The van der Waals surface area contributed by atoms with Crippen LogP contribution in [0.3, 0.4) is 0 Å². The lowest BCUT2D eigenvalue weighted by Crippen LogP contribution is -2.50. The van der Waals surface area contributed by atoms with Crippen molar-refractivity contribution in [3.8, 4) is 0 Å². The van der Waals surface area contributed by atoms with Crippen LogP contribution in [0.2, 0.25) is 5.02 Å². The van der Waals surface area contributed by atoms with Crippen molar-refractivity contribution >= 4 is 34.3 Å². The maximum absolute atomic E-state index is 12.8. The van der Waals surface area contributed by atoms with E-state index >= 15 is 0 Å². The highest BCUT2D eigenvalue weighted by molar-refractivity contribution is 6.31.